The quantitative estimate of drug-likeness (QED) is 0.908. The van der Waals surface area contributed by atoms with Crippen molar-refractivity contribution in [3.05, 3.63) is 41.2 Å². The number of carboxylic acids is 1. The van der Waals surface area contributed by atoms with Crippen molar-refractivity contribution < 1.29 is 14.4 Å². The van der Waals surface area contributed by atoms with E-state index in [4.69, 9.17) is 9.63 Å². The van der Waals surface area contributed by atoms with Gasteiger partial charge in [0.05, 0.1) is 0 Å². The van der Waals surface area contributed by atoms with Gasteiger partial charge in [0.2, 0.25) is 5.76 Å². The van der Waals surface area contributed by atoms with Gasteiger partial charge in [-0.3, -0.25) is 0 Å². The molecule has 0 unspecified atom stereocenters. The average molecular weight is 285 g/mol. The molecule has 0 bridgehead atoms. The molecule has 1 heterocycles. The summed E-state index contributed by atoms with van der Waals surface area (Å²) in [6.07, 6.45) is 6.52. The van der Waals surface area contributed by atoms with E-state index in [9.17, 15) is 4.79 Å². The highest BCUT2D eigenvalue weighted by atomic mass is 16.5. The number of rotatable bonds is 3. The molecule has 0 amide bonds. The Morgan fingerprint density at radius 3 is 2.43 bits per heavy atom. The van der Waals surface area contributed by atoms with Crippen LogP contribution < -0.4 is 0 Å². The predicted octanol–water partition coefficient (Wildman–Crippen LogP) is 4.40. The second-order valence-corrected chi connectivity index (χ2v) is 5.75. The first-order valence-corrected chi connectivity index (χ1v) is 7.46. The molecule has 4 heteroatoms. The van der Waals surface area contributed by atoms with Crippen molar-refractivity contribution in [2.45, 2.75) is 44.9 Å². The van der Waals surface area contributed by atoms with Crippen molar-refractivity contribution in [1.29, 1.82) is 0 Å². The fraction of sp³-hybridized carbons (Fsp3) is 0.412. The lowest BCUT2D eigenvalue weighted by Crippen LogP contribution is -2.04. The minimum absolute atomic E-state index is 0.0821. The topological polar surface area (TPSA) is 63.3 Å². The molecule has 1 N–H and O–H groups in total. The molecule has 0 spiro atoms. The van der Waals surface area contributed by atoms with E-state index < -0.39 is 5.97 Å². The molecule has 4 nitrogen and oxygen atoms in total. The van der Waals surface area contributed by atoms with Crippen LogP contribution in [0.5, 0.6) is 0 Å². The number of aromatic nitrogens is 1. The van der Waals surface area contributed by atoms with E-state index in [-0.39, 0.29) is 5.76 Å². The largest absolute Gasteiger partial charge is 0.475 e. The predicted molar refractivity (Wildman–Crippen MR) is 79.5 cm³/mol. The van der Waals surface area contributed by atoms with Crippen LogP contribution in [0.25, 0.3) is 11.3 Å². The zero-order valence-electron chi connectivity index (χ0n) is 12.1. The molecule has 1 fully saturated rings. The van der Waals surface area contributed by atoms with Crippen molar-refractivity contribution in [2.75, 3.05) is 0 Å². The van der Waals surface area contributed by atoms with Gasteiger partial charge in [0.25, 0.3) is 0 Å². The van der Waals surface area contributed by atoms with E-state index in [0.29, 0.717) is 17.2 Å². The van der Waals surface area contributed by atoms with E-state index >= 15 is 0 Å². The van der Waals surface area contributed by atoms with Gasteiger partial charge in [-0.15, -0.1) is 0 Å². The maximum atomic E-state index is 11.0. The van der Waals surface area contributed by atoms with Crippen LogP contribution in [-0.4, -0.2) is 16.2 Å². The second-order valence-electron chi connectivity index (χ2n) is 5.75. The SMILES string of the molecule is Cc1c(-c2ccc(C3CCCCC3)cc2)noc1C(=O)O. The zero-order chi connectivity index (χ0) is 14.8. The van der Waals surface area contributed by atoms with Crippen LogP contribution in [0.15, 0.2) is 28.8 Å². The van der Waals surface area contributed by atoms with Crippen molar-refractivity contribution in [3.63, 3.8) is 0 Å². The highest BCUT2D eigenvalue weighted by molar-refractivity contribution is 5.88. The molecule has 21 heavy (non-hydrogen) atoms. The Kier molecular flexibility index (Phi) is 3.78. The molecule has 0 aliphatic heterocycles. The number of carbonyl (C=O) groups is 1. The van der Waals surface area contributed by atoms with Gasteiger partial charge in [0.1, 0.15) is 5.69 Å². The van der Waals surface area contributed by atoms with Crippen LogP contribution in [0.3, 0.4) is 0 Å². The first kappa shape index (κ1) is 13.9. The second kappa shape index (κ2) is 5.72. The summed E-state index contributed by atoms with van der Waals surface area (Å²) in [5, 5.41) is 12.9. The summed E-state index contributed by atoms with van der Waals surface area (Å²) in [5.41, 5.74) is 3.47. The standard InChI is InChI=1S/C17H19NO3/c1-11-15(18-21-16(11)17(19)20)14-9-7-13(8-10-14)12-5-3-2-4-6-12/h7-10,12H,2-6H2,1H3,(H,19,20). The zero-order valence-corrected chi connectivity index (χ0v) is 12.1. The van der Waals surface area contributed by atoms with Gasteiger partial charge in [0.15, 0.2) is 0 Å². The van der Waals surface area contributed by atoms with Gasteiger partial charge < -0.3 is 9.63 Å². The minimum Gasteiger partial charge on any atom is -0.475 e. The molecule has 1 aromatic carbocycles. The third-order valence-corrected chi connectivity index (χ3v) is 4.38. The Morgan fingerprint density at radius 2 is 1.86 bits per heavy atom. The third-order valence-electron chi connectivity index (χ3n) is 4.38. The Bertz CT molecular complexity index is 637. The lowest BCUT2D eigenvalue weighted by Gasteiger charge is -2.22. The van der Waals surface area contributed by atoms with E-state index in [1.54, 1.807) is 6.92 Å². The molecular formula is C17H19NO3. The van der Waals surface area contributed by atoms with Crippen molar-refractivity contribution in [3.8, 4) is 11.3 Å². The van der Waals surface area contributed by atoms with Crippen LogP contribution >= 0.6 is 0 Å². The Labute approximate surface area is 123 Å². The Balaban J connectivity index is 1.85. The van der Waals surface area contributed by atoms with Gasteiger partial charge in [0, 0.05) is 11.1 Å². The molecule has 2 aromatic rings. The lowest BCUT2D eigenvalue weighted by atomic mass is 9.84. The number of carboxylic acid groups (broad SMARTS) is 1. The lowest BCUT2D eigenvalue weighted by molar-refractivity contribution is 0.0651. The number of hydrogen-bond donors (Lipinski definition) is 1. The van der Waals surface area contributed by atoms with Gasteiger partial charge >= 0.3 is 5.97 Å². The third kappa shape index (κ3) is 2.71. The van der Waals surface area contributed by atoms with Crippen molar-refractivity contribution in [2.24, 2.45) is 0 Å². The molecular weight excluding hydrogens is 266 g/mol. The summed E-state index contributed by atoms with van der Waals surface area (Å²) in [6, 6.07) is 8.31. The number of aromatic carboxylic acids is 1. The molecule has 0 radical (unpaired) electrons. The molecule has 1 aliphatic carbocycles. The molecule has 0 atom stereocenters. The van der Waals surface area contributed by atoms with Crippen molar-refractivity contribution in [1.82, 2.24) is 5.16 Å². The number of benzene rings is 1. The average Bonchev–Trinajstić information content (AvgIpc) is 2.90. The molecule has 110 valence electrons. The summed E-state index contributed by atoms with van der Waals surface area (Å²) < 4.78 is 4.91. The normalized spacial score (nSPS) is 16.0. The van der Waals surface area contributed by atoms with Crippen LogP contribution in [0, 0.1) is 6.92 Å². The molecule has 1 aromatic heterocycles. The van der Waals surface area contributed by atoms with Gasteiger partial charge in [-0.2, -0.15) is 0 Å². The molecule has 0 saturated heterocycles. The molecule has 3 rings (SSSR count). The first-order valence-electron chi connectivity index (χ1n) is 7.46. The van der Waals surface area contributed by atoms with E-state index in [2.05, 4.69) is 17.3 Å². The minimum atomic E-state index is -1.08. The molecule has 1 saturated carbocycles. The van der Waals surface area contributed by atoms with E-state index in [1.165, 1.54) is 37.7 Å². The fourth-order valence-corrected chi connectivity index (χ4v) is 3.15. The highest BCUT2D eigenvalue weighted by Crippen LogP contribution is 2.34. The highest BCUT2D eigenvalue weighted by Gasteiger charge is 2.20. The Hall–Kier alpha value is -2.10. The van der Waals surface area contributed by atoms with Crippen LogP contribution in [0.1, 0.15) is 59.7 Å². The number of nitrogens with zero attached hydrogens (tertiary/aromatic N) is 1. The van der Waals surface area contributed by atoms with Gasteiger partial charge in [-0.25, -0.2) is 4.79 Å². The smallest absolute Gasteiger partial charge is 0.375 e. The van der Waals surface area contributed by atoms with E-state index in [0.717, 1.165) is 5.56 Å². The summed E-state index contributed by atoms with van der Waals surface area (Å²) >= 11 is 0. The molecule has 1 aliphatic rings. The summed E-state index contributed by atoms with van der Waals surface area (Å²) in [7, 11) is 0. The maximum Gasteiger partial charge on any atom is 0.375 e. The van der Waals surface area contributed by atoms with E-state index in [1.807, 2.05) is 12.1 Å². The monoisotopic (exact) mass is 285 g/mol. The van der Waals surface area contributed by atoms with Gasteiger partial charge in [-0.1, -0.05) is 48.7 Å². The maximum absolute atomic E-state index is 11.0. The fourth-order valence-electron chi connectivity index (χ4n) is 3.15. The van der Waals surface area contributed by atoms with Crippen LogP contribution in [-0.2, 0) is 0 Å². The van der Waals surface area contributed by atoms with Crippen LogP contribution in [0.4, 0.5) is 0 Å². The number of hydrogen-bond acceptors (Lipinski definition) is 3. The summed E-state index contributed by atoms with van der Waals surface area (Å²) in [5.74, 6) is -0.493. The Morgan fingerprint density at radius 1 is 1.19 bits per heavy atom. The van der Waals surface area contributed by atoms with Crippen molar-refractivity contribution >= 4 is 5.97 Å². The summed E-state index contributed by atoms with van der Waals surface area (Å²) in [6.45, 7) is 1.73. The van der Waals surface area contributed by atoms with Gasteiger partial charge in [-0.05, 0) is 31.2 Å². The first-order chi connectivity index (χ1) is 10.2. The van der Waals surface area contributed by atoms with Crippen LogP contribution in [0.2, 0.25) is 0 Å². The summed E-state index contributed by atoms with van der Waals surface area (Å²) in [4.78, 5) is 11.0.